The minimum absolute atomic E-state index is 0.161. The molecule has 0 spiro atoms. The fourth-order valence-corrected chi connectivity index (χ4v) is 2.96. The molecule has 0 fully saturated rings. The van der Waals surface area contributed by atoms with Crippen LogP contribution in [0.15, 0.2) is 35.6 Å². The van der Waals surface area contributed by atoms with Crippen LogP contribution in [0.2, 0.25) is 0 Å². The predicted molar refractivity (Wildman–Crippen MR) is 77.8 cm³/mol. The average molecular weight is 289 g/mol. The summed E-state index contributed by atoms with van der Waals surface area (Å²) in [5.41, 5.74) is 0.981. The predicted octanol–water partition coefficient (Wildman–Crippen LogP) is 1.76. The third-order valence-electron chi connectivity index (χ3n) is 3.12. The molecule has 0 aliphatic carbocycles. The van der Waals surface area contributed by atoms with Crippen LogP contribution in [0.3, 0.4) is 0 Å². The highest BCUT2D eigenvalue weighted by molar-refractivity contribution is 7.15. The Morgan fingerprint density at radius 2 is 2.30 bits per heavy atom. The first kappa shape index (κ1) is 12.9. The quantitative estimate of drug-likeness (QED) is 0.778. The summed E-state index contributed by atoms with van der Waals surface area (Å²) in [6.45, 7) is 3.59. The molecule has 104 valence electrons. The fourth-order valence-electron chi connectivity index (χ4n) is 1.99. The molecule has 3 heterocycles. The SMILES string of the molecule is CCn1cc(-c2ccc(CCn3cn[nH]c3=O)s2)cn1. The maximum atomic E-state index is 11.3. The first-order valence-electron chi connectivity index (χ1n) is 6.47. The maximum Gasteiger partial charge on any atom is 0.343 e. The molecule has 3 aromatic heterocycles. The number of H-pyrrole nitrogens is 1. The van der Waals surface area contributed by atoms with E-state index in [1.807, 2.05) is 10.9 Å². The lowest BCUT2D eigenvalue weighted by Gasteiger charge is -1.97. The number of thiophene rings is 1. The van der Waals surface area contributed by atoms with Crippen molar-refractivity contribution < 1.29 is 0 Å². The largest absolute Gasteiger partial charge is 0.343 e. The van der Waals surface area contributed by atoms with E-state index in [-0.39, 0.29) is 5.69 Å². The summed E-state index contributed by atoms with van der Waals surface area (Å²) >= 11 is 1.74. The fraction of sp³-hybridized carbons (Fsp3) is 0.308. The van der Waals surface area contributed by atoms with E-state index in [1.165, 1.54) is 16.1 Å². The molecule has 7 heteroatoms. The molecule has 0 saturated carbocycles. The zero-order valence-corrected chi connectivity index (χ0v) is 11.9. The molecule has 3 aromatic rings. The number of nitrogens with one attached hydrogen (secondary N) is 1. The van der Waals surface area contributed by atoms with E-state index < -0.39 is 0 Å². The number of aryl methyl sites for hydroxylation is 3. The van der Waals surface area contributed by atoms with Crippen LogP contribution < -0.4 is 5.69 Å². The van der Waals surface area contributed by atoms with Gasteiger partial charge in [-0.15, -0.1) is 11.3 Å². The molecule has 0 amide bonds. The molecule has 0 unspecified atom stereocenters. The lowest BCUT2D eigenvalue weighted by Crippen LogP contribution is -2.17. The lowest BCUT2D eigenvalue weighted by atomic mass is 10.3. The van der Waals surface area contributed by atoms with E-state index in [1.54, 1.807) is 15.9 Å². The molecule has 0 aromatic carbocycles. The van der Waals surface area contributed by atoms with Gasteiger partial charge in [0, 0.05) is 34.6 Å². The van der Waals surface area contributed by atoms with Crippen molar-refractivity contribution in [2.45, 2.75) is 26.4 Å². The Bertz CT molecular complexity index is 750. The Morgan fingerprint density at radius 3 is 3.00 bits per heavy atom. The molecule has 0 bridgehead atoms. The van der Waals surface area contributed by atoms with Crippen LogP contribution in [0.4, 0.5) is 0 Å². The van der Waals surface area contributed by atoms with Crippen molar-refractivity contribution in [3.8, 4) is 10.4 Å². The second-order valence-corrected chi connectivity index (χ2v) is 5.62. The standard InChI is InChI=1S/C13H15N5OS/c1-2-18-8-10(7-15-18)12-4-3-11(20-12)5-6-17-9-14-16-13(17)19/h3-4,7-9H,2,5-6H2,1H3,(H,16,19). The monoisotopic (exact) mass is 289 g/mol. The van der Waals surface area contributed by atoms with Crippen molar-refractivity contribution in [3.05, 3.63) is 46.2 Å². The van der Waals surface area contributed by atoms with E-state index in [0.717, 1.165) is 18.5 Å². The highest BCUT2D eigenvalue weighted by atomic mass is 32.1. The first-order chi connectivity index (χ1) is 9.76. The Kier molecular flexibility index (Phi) is 3.51. The molecule has 0 aliphatic heterocycles. The smallest absolute Gasteiger partial charge is 0.281 e. The van der Waals surface area contributed by atoms with Gasteiger partial charge in [-0.05, 0) is 25.5 Å². The van der Waals surface area contributed by atoms with Gasteiger partial charge in [0.2, 0.25) is 0 Å². The Balaban J connectivity index is 1.70. The van der Waals surface area contributed by atoms with E-state index in [9.17, 15) is 4.79 Å². The number of hydrogen-bond donors (Lipinski definition) is 1. The molecule has 0 aliphatic rings. The molecule has 0 saturated heterocycles. The van der Waals surface area contributed by atoms with Crippen molar-refractivity contribution in [1.29, 1.82) is 0 Å². The molecule has 0 atom stereocenters. The topological polar surface area (TPSA) is 68.5 Å². The molecule has 1 N–H and O–H groups in total. The number of rotatable bonds is 5. The summed E-state index contributed by atoms with van der Waals surface area (Å²) in [5.74, 6) is 0. The molecule has 3 rings (SSSR count). The summed E-state index contributed by atoms with van der Waals surface area (Å²) in [7, 11) is 0. The van der Waals surface area contributed by atoms with Gasteiger partial charge in [-0.2, -0.15) is 10.2 Å². The van der Waals surface area contributed by atoms with Gasteiger partial charge in [0.1, 0.15) is 6.33 Å². The second kappa shape index (κ2) is 5.46. The van der Waals surface area contributed by atoms with Gasteiger partial charge in [-0.1, -0.05) is 0 Å². The van der Waals surface area contributed by atoms with Crippen molar-refractivity contribution >= 4 is 11.3 Å². The number of aromatic nitrogens is 5. The molecular formula is C13H15N5OS. The van der Waals surface area contributed by atoms with Crippen LogP contribution >= 0.6 is 11.3 Å². The van der Waals surface area contributed by atoms with Gasteiger partial charge in [-0.3, -0.25) is 9.25 Å². The average Bonchev–Trinajstić information content (AvgIpc) is 3.16. The third kappa shape index (κ3) is 2.57. The third-order valence-corrected chi connectivity index (χ3v) is 4.31. The van der Waals surface area contributed by atoms with Crippen LogP contribution in [0.1, 0.15) is 11.8 Å². The summed E-state index contributed by atoms with van der Waals surface area (Å²) in [5, 5.41) is 10.4. The van der Waals surface area contributed by atoms with Crippen molar-refractivity contribution in [2.75, 3.05) is 0 Å². The highest BCUT2D eigenvalue weighted by Gasteiger charge is 2.06. The maximum absolute atomic E-state index is 11.3. The van der Waals surface area contributed by atoms with Crippen LogP contribution in [-0.2, 0) is 19.5 Å². The van der Waals surface area contributed by atoms with E-state index >= 15 is 0 Å². The van der Waals surface area contributed by atoms with Gasteiger partial charge in [0.15, 0.2) is 0 Å². The Labute approximate surface area is 119 Å². The zero-order chi connectivity index (χ0) is 13.9. The van der Waals surface area contributed by atoms with Crippen LogP contribution in [-0.4, -0.2) is 24.5 Å². The van der Waals surface area contributed by atoms with E-state index in [0.29, 0.717) is 6.54 Å². The number of nitrogens with zero attached hydrogens (tertiary/aromatic N) is 4. The van der Waals surface area contributed by atoms with Gasteiger partial charge < -0.3 is 0 Å². The Hall–Kier alpha value is -2.15. The molecule has 0 radical (unpaired) electrons. The normalized spacial score (nSPS) is 11.1. The van der Waals surface area contributed by atoms with Crippen molar-refractivity contribution in [2.24, 2.45) is 0 Å². The van der Waals surface area contributed by atoms with Gasteiger partial charge >= 0.3 is 5.69 Å². The van der Waals surface area contributed by atoms with Gasteiger partial charge in [-0.25, -0.2) is 9.89 Å². The van der Waals surface area contributed by atoms with Crippen molar-refractivity contribution in [3.63, 3.8) is 0 Å². The van der Waals surface area contributed by atoms with E-state index in [2.05, 4.69) is 40.5 Å². The van der Waals surface area contributed by atoms with Crippen LogP contribution in [0.25, 0.3) is 10.4 Å². The summed E-state index contributed by atoms with van der Waals surface area (Å²) in [6, 6.07) is 4.21. The van der Waals surface area contributed by atoms with Gasteiger partial charge in [0.05, 0.1) is 6.20 Å². The highest BCUT2D eigenvalue weighted by Crippen LogP contribution is 2.28. The molecule has 20 heavy (non-hydrogen) atoms. The Morgan fingerprint density at radius 1 is 1.40 bits per heavy atom. The minimum Gasteiger partial charge on any atom is -0.281 e. The lowest BCUT2D eigenvalue weighted by molar-refractivity contribution is 0.660. The summed E-state index contributed by atoms with van der Waals surface area (Å²) < 4.78 is 3.49. The number of hydrogen-bond acceptors (Lipinski definition) is 4. The molecule has 6 nitrogen and oxygen atoms in total. The number of aromatic amines is 1. The van der Waals surface area contributed by atoms with Crippen LogP contribution in [0, 0.1) is 0 Å². The van der Waals surface area contributed by atoms with Crippen molar-refractivity contribution in [1.82, 2.24) is 24.5 Å². The zero-order valence-electron chi connectivity index (χ0n) is 11.1. The first-order valence-corrected chi connectivity index (χ1v) is 7.29. The molecular weight excluding hydrogens is 274 g/mol. The minimum atomic E-state index is -0.161. The van der Waals surface area contributed by atoms with Gasteiger partial charge in [0.25, 0.3) is 0 Å². The van der Waals surface area contributed by atoms with Crippen LogP contribution in [0.5, 0.6) is 0 Å². The second-order valence-electron chi connectivity index (χ2n) is 4.46. The summed E-state index contributed by atoms with van der Waals surface area (Å²) in [6.07, 6.45) is 6.30. The summed E-state index contributed by atoms with van der Waals surface area (Å²) in [4.78, 5) is 13.8. The van der Waals surface area contributed by atoms with E-state index in [4.69, 9.17) is 0 Å².